The van der Waals surface area contributed by atoms with Crippen LogP contribution in [0.25, 0.3) is 0 Å². The molecule has 0 spiro atoms. The third kappa shape index (κ3) is 4.80. The molecule has 0 fully saturated rings. The number of hydrogen-bond donors (Lipinski definition) is 1. The Morgan fingerprint density at radius 2 is 1.69 bits per heavy atom. The Balaban J connectivity index is 2.05. The van der Waals surface area contributed by atoms with Crippen molar-refractivity contribution in [1.29, 1.82) is 0 Å². The number of methoxy groups -OCH3 is 2. The first kappa shape index (κ1) is 19.9. The molecular weight excluding hydrogens is 381 g/mol. The summed E-state index contributed by atoms with van der Waals surface area (Å²) in [5.41, 5.74) is 0.599. The van der Waals surface area contributed by atoms with Crippen molar-refractivity contribution in [2.24, 2.45) is 0 Å². The zero-order valence-corrected chi connectivity index (χ0v) is 15.9. The number of benzene rings is 2. The van der Waals surface area contributed by atoms with E-state index < -0.39 is 18.0 Å². The number of carbonyl (C=O) groups excluding carboxylic acids is 2. The van der Waals surface area contributed by atoms with Crippen LogP contribution in [-0.2, 0) is 9.53 Å². The monoisotopic (exact) mass is 397 g/mol. The highest BCUT2D eigenvalue weighted by Gasteiger charge is 2.21. The average molecular weight is 398 g/mol. The van der Waals surface area contributed by atoms with Gasteiger partial charge in [0, 0.05) is 5.02 Å². The van der Waals surface area contributed by atoms with Crippen LogP contribution in [0, 0.1) is 0 Å². The fourth-order valence-electron chi connectivity index (χ4n) is 2.07. The van der Waals surface area contributed by atoms with Crippen LogP contribution in [0.1, 0.15) is 17.3 Å². The van der Waals surface area contributed by atoms with Crippen LogP contribution in [0.3, 0.4) is 0 Å². The van der Waals surface area contributed by atoms with Gasteiger partial charge in [-0.15, -0.1) is 0 Å². The molecule has 0 saturated heterocycles. The molecule has 2 aromatic carbocycles. The molecule has 0 saturated carbocycles. The number of hydrogen-bond acceptors (Lipinski definition) is 5. The van der Waals surface area contributed by atoms with E-state index in [0.717, 1.165) is 0 Å². The van der Waals surface area contributed by atoms with Crippen molar-refractivity contribution in [3.63, 3.8) is 0 Å². The molecule has 138 valence electrons. The second-order valence-electron chi connectivity index (χ2n) is 5.23. The van der Waals surface area contributed by atoms with E-state index in [4.69, 9.17) is 37.4 Å². The number of esters is 1. The minimum atomic E-state index is -1.04. The summed E-state index contributed by atoms with van der Waals surface area (Å²) in [5.74, 6) is -0.335. The lowest BCUT2D eigenvalue weighted by atomic mass is 10.2. The van der Waals surface area contributed by atoms with Crippen LogP contribution in [0.5, 0.6) is 11.5 Å². The molecule has 0 aliphatic rings. The molecule has 8 heteroatoms. The van der Waals surface area contributed by atoms with Crippen LogP contribution < -0.4 is 14.8 Å². The molecule has 2 aromatic rings. The molecule has 26 heavy (non-hydrogen) atoms. The van der Waals surface area contributed by atoms with E-state index in [9.17, 15) is 9.59 Å². The summed E-state index contributed by atoms with van der Waals surface area (Å²) in [5, 5.41) is 3.31. The first-order chi connectivity index (χ1) is 12.3. The number of carbonyl (C=O) groups is 2. The van der Waals surface area contributed by atoms with Crippen molar-refractivity contribution in [2.75, 3.05) is 19.5 Å². The minimum Gasteiger partial charge on any atom is -0.493 e. The lowest BCUT2D eigenvalue weighted by Gasteiger charge is -2.15. The zero-order valence-electron chi connectivity index (χ0n) is 14.3. The number of anilines is 1. The molecule has 0 aliphatic carbocycles. The zero-order chi connectivity index (χ0) is 19.3. The Kier molecular flexibility index (Phi) is 6.71. The molecule has 0 aliphatic heterocycles. The molecule has 2 rings (SSSR count). The van der Waals surface area contributed by atoms with Gasteiger partial charge < -0.3 is 19.5 Å². The van der Waals surface area contributed by atoms with E-state index in [1.165, 1.54) is 39.3 Å². The van der Waals surface area contributed by atoms with Gasteiger partial charge in [-0.3, -0.25) is 4.79 Å². The Labute approximate surface area is 160 Å². The van der Waals surface area contributed by atoms with Crippen molar-refractivity contribution in [2.45, 2.75) is 13.0 Å². The summed E-state index contributed by atoms with van der Waals surface area (Å²) in [7, 11) is 2.95. The van der Waals surface area contributed by atoms with Gasteiger partial charge in [0.2, 0.25) is 0 Å². The third-order valence-electron chi connectivity index (χ3n) is 3.46. The van der Waals surface area contributed by atoms with E-state index in [1.54, 1.807) is 18.2 Å². The number of halogens is 2. The first-order valence-corrected chi connectivity index (χ1v) is 8.30. The Hall–Kier alpha value is -2.44. The van der Waals surface area contributed by atoms with Crippen LogP contribution in [0.2, 0.25) is 10.0 Å². The Morgan fingerprint density at radius 1 is 1.00 bits per heavy atom. The van der Waals surface area contributed by atoms with E-state index in [2.05, 4.69) is 5.32 Å². The highest BCUT2D eigenvalue weighted by molar-refractivity contribution is 6.36. The van der Waals surface area contributed by atoms with Gasteiger partial charge in [-0.2, -0.15) is 0 Å². The molecular formula is C18H17Cl2NO5. The normalized spacial score (nSPS) is 11.4. The highest BCUT2D eigenvalue weighted by atomic mass is 35.5. The molecule has 6 nitrogen and oxygen atoms in total. The average Bonchev–Trinajstić information content (AvgIpc) is 2.63. The maximum Gasteiger partial charge on any atom is 0.339 e. The summed E-state index contributed by atoms with van der Waals surface area (Å²) in [6, 6.07) is 9.22. The third-order valence-corrected chi connectivity index (χ3v) is 4.01. The molecule has 1 N–H and O–H groups in total. The highest BCUT2D eigenvalue weighted by Crippen LogP contribution is 2.28. The topological polar surface area (TPSA) is 73.9 Å². The van der Waals surface area contributed by atoms with Gasteiger partial charge in [-0.25, -0.2) is 4.79 Å². The minimum absolute atomic E-state index is 0.229. The second-order valence-corrected chi connectivity index (χ2v) is 6.07. The summed E-state index contributed by atoms with van der Waals surface area (Å²) in [4.78, 5) is 24.5. The Bertz CT molecular complexity index is 825. The number of nitrogens with one attached hydrogen (secondary N) is 1. The summed E-state index contributed by atoms with van der Waals surface area (Å²) < 4.78 is 15.4. The van der Waals surface area contributed by atoms with Crippen molar-refractivity contribution < 1.29 is 23.8 Å². The first-order valence-electron chi connectivity index (χ1n) is 7.54. The second kappa shape index (κ2) is 8.78. The molecule has 0 heterocycles. The fourth-order valence-corrected chi connectivity index (χ4v) is 2.53. The lowest BCUT2D eigenvalue weighted by molar-refractivity contribution is -0.123. The largest absolute Gasteiger partial charge is 0.493 e. The molecule has 0 unspecified atom stereocenters. The van der Waals surface area contributed by atoms with Gasteiger partial charge in [0.05, 0.1) is 30.5 Å². The lowest BCUT2D eigenvalue weighted by Crippen LogP contribution is -2.30. The molecule has 0 radical (unpaired) electrons. The van der Waals surface area contributed by atoms with Crippen molar-refractivity contribution in [3.8, 4) is 11.5 Å². The summed E-state index contributed by atoms with van der Waals surface area (Å²) in [6.45, 7) is 1.46. The van der Waals surface area contributed by atoms with E-state index in [-0.39, 0.29) is 10.6 Å². The maximum atomic E-state index is 12.2. The van der Waals surface area contributed by atoms with Crippen molar-refractivity contribution in [1.82, 2.24) is 0 Å². The van der Waals surface area contributed by atoms with E-state index in [1.807, 2.05) is 0 Å². The van der Waals surface area contributed by atoms with Crippen LogP contribution >= 0.6 is 23.2 Å². The predicted octanol–water partition coefficient (Wildman–Crippen LogP) is 4.19. The molecule has 0 aromatic heterocycles. The Morgan fingerprint density at radius 3 is 2.31 bits per heavy atom. The van der Waals surface area contributed by atoms with Crippen LogP contribution in [0.15, 0.2) is 36.4 Å². The fraction of sp³-hybridized carbons (Fsp3) is 0.222. The number of rotatable bonds is 6. The summed E-state index contributed by atoms with van der Waals surface area (Å²) in [6.07, 6.45) is -1.04. The van der Waals surface area contributed by atoms with E-state index >= 15 is 0 Å². The molecule has 1 atom stereocenters. The van der Waals surface area contributed by atoms with Gasteiger partial charge in [0.25, 0.3) is 5.91 Å². The SMILES string of the molecule is COc1ccc(C(=O)O[C@@H](C)C(=O)Nc2ccc(Cl)cc2Cl)cc1OC. The smallest absolute Gasteiger partial charge is 0.339 e. The van der Waals surface area contributed by atoms with Gasteiger partial charge in [-0.05, 0) is 43.3 Å². The predicted molar refractivity (Wildman–Crippen MR) is 99.5 cm³/mol. The van der Waals surface area contributed by atoms with Crippen LogP contribution in [0.4, 0.5) is 5.69 Å². The van der Waals surface area contributed by atoms with Crippen molar-refractivity contribution in [3.05, 3.63) is 52.0 Å². The number of amides is 1. The van der Waals surface area contributed by atoms with Crippen molar-refractivity contribution >= 4 is 40.8 Å². The standard InChI is InChI=1S/C18H17Cl2NO5/c1-10(17(22)21-14-6-5-12(19)9-13(14)20)26-18(23)11-4-7-15(24-2)16(8-11)25-3/h4-10H,1-3H3,(H,21,22)/t10-/m0/s1. The molecule has 0 bridgehead atoms. The van der Waals surface area contributed by atoms with E-state index in [0.29, 0.717) is 22.2 Å². The van der Waals surface area contributed by atoms with Gasteiger partial charge in [0.15, 0.2) is 17.6 Å². The van der Waals surface area contributed by atoms with Gasteiger partial charge in [-0.1, -0.05) is 23.2 Å². The van der Waals surface area contributed by atoms with Gasteiger partial charge in [0.1, 0.15) is 0 Å². The van der Waals surface area contributed by atoms with Gasteiger partial charge >= 0.3 is 5.97 Å². The van der Waals surface area contributed by atoms with Crippen LogP contribution in [-0.4, -0.2) is 32.2 Å². The quantitative estimate of drug-likeness (QED) is 0.739. The molecule has 1 amide bonds. The number of ether oxygens (including phenoxy) is 3. The summed E-state index contributed by atoms with van der Waals surface area (Å²) >= 11 is 11.8. The maximum absolute atomic E-state index is 12.2.